The van der Waals surface area contributed by atoms with E-state index in [0.717, 1.165) is 11.1 Å². The first-order valence-electron chi connectivity index (χ1n) is 6.84. The van der Waals surface area contributed by atoms with Gasteiger partial charge in [0.25, 0.3) is 0 Å². The molecule has 0 aliphatic heterocycles. The molecule has 0 N–H and O–H groups in total. The quantitative estimate of drug-likeness (QED) is 0.810. The Morgan fingerprint density at radius 2 is 1.77 bits per heavy atom. The Hall–Kier alpha value is -2.56. The van der Waals surface area contributed by atoms with Crippen LogP contribution in [0.15, 0.2) is 28.7 Å². The molecule has 0 saturated carbocycles. The van der Waals surface area contributed by atoms with Crippen LogP contribution in [0.2, 0.25) is 0 Å². The third-order valence-electron chi connectivity index (χ3n) is 3.29. The normalized spacial score (nSPS) is 10.4. The molecule has 22 heavy (non-hydrogen) atoms. The highest BCUT2D eigenvalue weighted by Crippen LogP contribution is 2.18. The maximum atomic E-state index is 12.1. The van der Waals surface area contributed by atoms with E-state index in [-0.39, 0.29) is 12.4 Å². The monoisotopic (exact) mass is 302 g/mol. The lowest BCUT2D eigenvalue weighted by molar-refractivity contribution is 0.0437. The van der Waals surface area contributed by atoms with Gasteiger partial charge in [0.15, 0.2) is 0 Å². The topological polar surface area (TPSA) is 65.7 Å². The van der Waals surface area contributed by atoms with Gasteiger partial charge in [-0.2, -0.15) is 0 Å². The second-order valence-corrected chi connectivity index (χ2v) is 5.11. The number of hydrogen-bond acceptors (Lipinski definition) is 5. The number of carbonyl (C=O) groups is 2. The van der Waals surface area contributed by atoms with Crippen molar-refractivity contribution in [2.45, 2.75) is 27.4 Å². The van der Waals surface area contributed by atoms with Gasteiger partial charge in [-0.1, -0.05) is 17.7 Å². The van der Waals surface area contributed by atoms with Crippen molar-refractivity contribution >= 4 is 11.9 Å². The highest BCUT2D eigenvalue weighted by molar-refractivity contribution is 5.91. The van der Waals surface area contributed by atoms with Crippen molar-refractivity contribution in [2.75, 3.05) is 7.11 Å². The van der Waals surface area contributed by atoms with Crippen molar-refractivity contribution in [1.29, 1.82) is 0 Å². The van der Waals surface area contributed by atoms with Crippen molar-refractivity contribution in [3.8, 4) is 0 Å². The molecule has 5 nitrogen and oxygen atoms in total. The summed E-state index contributed by atoms with van der Waals surface area (Å²) in [6.07, 6.45) is 0. The van der Waals surface area contributed by atoms with Crippen molar-refractivity contribution in [1.82, 2.24) is 0 Å². The average molecular weight is 302 g/mol. The molecule has 0 bridgehead atoms. The van der Waals surface area contributed by atoms with Gasteiger partial charge in [0.1, 0.15) is 12.4 Å². The minimum atomic E-state index is -0.551. The van der Waals surface area contributed by atoms with Crippen LogP contribution in [0.25, 0.3) is 0 Å². The lowest BCUT2D eigenvalue weighted by atomic mass is 10.1. The van der Waals surface area contributed by atoms with Crippen LogP contribution in [-0.4, -0.2) is 19.0 Å². The van der Waals surface area contributed by atoms with E-state index >= 15 is 0 Å². The fraction of sp³-hybridized carbons (Fsp3) is 0.294. The first-order valence-corrected chi connectivity index (χ1v) is 6.84. The van der Waals surface area contributed by atoms with E-state index in [2.05, 4.69) is 4.74 Å². The number of hydrogen-bond donors (Lipinski definition) is 0. The second-order valence-electron chi connectivity index (χ2n) is 5.11. The lowest BCUT2D eigenvalue weighted by Crippen LogP contribution is -2.07. The largest absolute Gasteiger partial charge is 0.463 e. The van der Waals surface area contributed by atoms with Gasteiger partial charge in [-0.25, -0.2) is 9.59 Å². The second kappa shape index (κ2) is 6.47. The minimum Gasteiger partial charge on any atom is -0.463 e. The van der Waals surface area contributed by atoms with E-state index in [0.29, 0.717) is 16.9 Å². The molecule has 1 heterocycles. The summed E-state index contributed by atoms with van der Waals surface area (Å²) >= 11 is 0. The van der Waals surface area contributed by atoms with Gasteiger partial charge < -0.3 is 13.9 Å². The molecule has 116 valence electrons. The van der Waals surface area contributed by atoms with Gasteiger partial charge in [-0.3, -0.25) is 0 Å². The van der Waals surface area contributed by atoms with Crippen molar-refractivity contribution in [2.24, 2.45) is 0 Å². The van der Waals surface area contributed by atoms with E-state index < -0.39 is 11.9 Å². The zero-order chi connectivity index (χ0) is 16.3. The van der Waals surface area contributed by atoms with E-state index in [9.17, 15) is 9.59 Å². The standard InChI is InChI=1S/C17H18O5/c1-10-5-6-14(11(2)7-10)16(18)21-9-13-8-12(3)15(22-13)17(19)20-4/h5-8H,9H2,1-4H3. The Morgan fingerprint density at radius 3 is 2.41 bits per heavy atom. The van der Waals surface area contributed by atoms with E-state index in [1.54, 1.807) is 19.1 Å². The molecule has 1 aromatic heterocycles. The number of rotatable bonds is 4. The molecule has 1 aromatic carbocycles. The summed E-state index contributed by atoms with van der Waals surface area (Å²) in [4.78, 5) is 23.5. The first kappa shape index (κ1) is 15.8. The number of benzene rings is 1. The highest BCUT2D eigenvalue weighted by atomic mass is 16.5. The summed E-state index contributed by atoms with van der Waals surface area (Å²) in [6.45, 7) is 5.51. The van der Waals surface area contributed by atoms with Gasteiger partial charge in [0.2, 0.25) is 5.76 Å². The molecule has 0 saturated heterocycles. The third kappa shape index (κ3) is 3.36. The van der Waals surface area contributed by atoms with Crippen LogP contribution in [0.4, 0.5) is 0 Å². The summed E-state index contributed by atoms with van der Waals surface area (Å²) in [5.41, 5.74) is 3.10. The number of ether oxygens (including phenoxy) is 2. The molecule has 0 amide bonds. The maximum absolute atomic E-state index is 12.1. The highest BCUT2D eigenvalue weighted by Gasteiger charge is 2.17. The molecule has 0 radical (unpaired) electrons. The molecule has 2 aromatic rings. The molecular formula is C17H18O5. The Morgan fingerprint density at radius 1 is 1.05 bits per heavy atom. The van der Waals surface area contributed by atoms with Crippen LogP contribution >= 0.6 is 0 Å². The predicted octanol–water partition coefficient (Wildman–Crippen LogP) is 3.35. The van der Waals surface area contributed by atoms with Crippen molar-refractivity contribution in [3.63, 3.8) is 0 Å². The minimum absolute atomic E-state index is 0.0377. The molecule has 0 unspecified atom stereocenters. The molecule has 0 aliphatic carbocycles. The van der Waals surface area contributed by atoms with Gasteiger partial charge in [0.05, 0.1) is 12.7 Å². The van der Waals surface area contributed by atoms with Crippen molar-refractivity contribution < 1.29 is 23.5 Å². The Labute approximate surface area is 128 Å². The Balaban J connectivity index is 2.07. The summed E-state index contributed by atoms with van der Waals surface area (Å²) in [7, 11) is 1.28. The number of methoxy groups -OCH3 is 1. The SMILES string of the molecule is COC(=O)c1oc(COC(=O)c2ccc(C)cc2C)cc1C. The average Bonchev–Trinajstić information content (AvgIpc) is 2.85. The summed E-state index contributed by atoms with van der Waals surface area (Å²) in [5, 5.41) is 0. The van der Waals surface area contributed by atoms with Crippen LogP contribution in [0.1, 0.15) is 43.4 Å². The number of esters is 2. The van der Waals surface area contributed by atoms with Crippen LogP contribution in [0.5, 0.6) is 0 Å². The van der Waals surface area contributed by atoms with Crippen LogP contribution < -0.4 is 0 Å². The summed E-state index contributed by atoms with van der Waals surface area (Å²) in [6, 6.07) is 7.17. The fourth-order valence-corrected chi connectivity index (χ4v) is 2.17. The molecular weight excluding hydrogens is 284 g/mol. The molecule has 0 fully saturated rings. The Kier molecular flexibility index (Phi) is 4.65. The fourth-order valence-electron chi connectivity index (χ4n) is 2.17. The van der Waals surface area contributed by atoms with Gasteiger partial charge in [-0.05, 0) is 38.5 Å². The lowest BCUT2D eigenvalue weighted by Gasteiger charge is -2.06. The zero-order valence-corrected chi connectivity index (χ0v) is 13.1. The van der Waals surface area contributed by atoms with E-state index in [1.165, 1.54) is 7.11 Å². The van der Waals surface area contributed by atoms with Gasteiger partial charge in [-0.15, -0.1) is 0 Å². The van der Waals surface area contributed by atoms with Gasteiger partial charge >= 0.3 is 11.9 Å². The van der Waals surface area contributed by atoms with Crippen LogP contribution in [0, 0.1) is 20.8 Å². The van der Waals surface area contributed by atoms with Crippen molar-refractivity contribution in [3.05, 3.63) is 58.0 Å². The molecule has 5 heteroatoms. The van der Waals surface area contributed by atoms with E-state index in [4.69, 9.17) is 9.15 Å². The predicted molar refractivity (Wildman–Crippen MR) is 79.8 cm³/mol. The maximum Gasteiger partial charge on any atom is 0.374 e. The van der Waals surface area contributed by atoms with E-state index in [1.807, 2.05) is 26.0 Å². The van der Waals surface area contributed by atoms with Gasteiger partial charge in [0, 0.05) is 5.56 Å². The smallest absolute Gasteiger partial charge is 0.374 e. The molecule has 0 spiro atoms. The molecule has 0 atom stereocenters. The van der Waals surface area contributed by atoms with Crippen LogP contribution in [-0.2, 0) is 16.1 Å². The number of aryl methyl sites for hydroxylation is 3. The summed E-state index contributed by atoms with van der Waals surface area (Å²) in [5.74, 6) is -0.452. The molecule has 2 rings (SSSR count). The third-order valence-corrected chi connectivity index (χ3v) is 3.29. The van der Waals surface area contributed by atoms with Crippen LogP contribution in [0.3, 0.4) is 0 Å². The zero-order valence-electron chi connectivity index (χ0n) is 13.1. The summed E-state index contributed by atoms with van der Waals surface area (Å²) < 4.78 is 15.2. The Bertz CT molecular complexity index is 712. The molecule has 0 aliphatic rings. The number of furan rings is 1. The number of carbonyl (C=O) groups excluding carboxylic acids is 2. The first-order chi connectivity index (χ1) is 10.4.